The van der Waals surface area contributed by atoms with Crippen LogP contribution in [0, 0.1) is 11.6 Å². The van der Waals surface area contributed by atoms with E-state index in [1.807, 2.05) is 6.07 Å². The minimum absolute atomic E-state index is 0.0222. The number of piperazine rings is 1. The molecule has 182 valence electrons. The van der Waals surface area contributed by atoms with Gasteiger partial charge in [-0.1, -0.05) is 23.9 Å². The van der Waals surface area contributed by atoms with Crippen molar-refractivity contribution >= 4 is 27.8 Å². The van der Waals surface area contributed by atoms with Gasteiger partial charge in [0.25, 0.3) is 0 Å². The third kappa shape index (κ3) is 6.00. The van der Waals surface area contributed by atoms with Crippen molar-refractivity contribution in [1.29, 1.82) is 0 Å². The van der Waals surface area contributed by atoms with Gasteiger partial charge >= 0.3 is 10.2 Å². The van der Waals surface area contributed by atoms with Crippen molar-refractivity contribution in [2.75, 3.05) is 38.0 Å². The van der Waals surface area contributed by atoms with Crippen molar-refractivity contribution < 1.29 is 21.9 Å². The molecule has 3 aromatic rings. The molecule has 0 spiro atoms. The normalized spacial score (nSPS) is 15.4. The van der Waals surface area contributed by atoms with E-state index in [0.29, 0.717) is 32.7 Å². The van der Waals surface area contributed by atoms with Gasteiger partial charge in [0.05, 0.1) is 7.11 Å². The number of aromatic nitrogens is 4. The number of nitrogens with one attached hydrogen (secondary N) is 2. The number of ether oxygens (including phenoxy) is 1. The second-order valence-corrected chi connectivity index (χ2v) is 10.1. The van der Waals surface area contributed by atoms with Crippen LogP contribution in [0.4, 0.5) is 14.6 Å². The molecule has 2 aromatic heterocycles. The van der Waals surface area contributed by atoms with E-state index in [2.05, 4.69) is 29.8 Å². The molecule has 0 saturated carbocycles. The molecule has 2 N–H and O–H groups in total. The highest BCUT2D eigenvalue weighted by Gasteiger charge is 2.28. The monoisotopic (exact) mass is 511 g/mol. The van der Waals surface area contributed by atoms with Gasteiger partial charge in [0.15, 0.2) is 16.8 Å². The standard InChI is InChI=1S/C20H23F2N7O3S2/c1-32-18-11-17(24-20(25-18)33-13-14-3-2-4-16(21)19(14)22)27-34(30,31)29-9-7-28(8-10-29)12-15-5-6-23-26-15/h2-6,11H,7-10,12-13H2,1H3,(H,23,26)(H,24,25,27). The first-order valence-electron chi connectivity index (χ1n) is 10.3. The van der Waals surface area contributed by atoms with E-state index < -0.39 is 21.8 Å². The van der Waals surface area contributed by atoms with Crippen molar-refractivity contribution in [1.82, 2.24) is 29.4 Å². The first-order chi connectivity index (χ1) is 16.3. The van der Waals surface area contributed by atoms with Crippen molar-refractivity contribution in [2.45, 2.75) is 17.5 Å². The highest BCUT2D eigenvalue weighted by atomic mass is 32.2. The third-order valence-corrected chi connectivity index (χ3v) is 7.54. The molecule has 0 bridgehead atoms. The fourth-order valence-electron chi connectivity index (χ4n) is 3.37. The topological polar surface area (TPSA) is 116 Å². The molecule has 0 amide bonds. The largest absolute Gasteiger partial charge is 0.481 e. The number of hydrogen-bond acceptors (Lipinski definition) is 8. The Bertz CT molecular complexity index is 1220. The lowest BCUT2D eigenvalue weighted by Gasteiger charge is -2.33. The molecule has 14 heteroatoms. The molecule has 3 heterocycles. The summed E-state index contributed by atoms with van der Waals surface area (Å²) in [4.78, 5) is 10.5. The van der Waals surface area contributed by atoms with Crippen molar-refractivity contribution in [3.63, 3.8) is 0 Å². The number of halogens is 2. The van der Waals surface area contributed by atoms with Crippen molar-refractivity contribution in [3.8, 4) is 5.88 Å². The van der Waals surface area contributed by atoms with Crippen molar-refractivity contribution in [3.05, 3.63) is 59.4 Å². The second-order valence-electron chi connectivity index (χ2n) is 7.44. The van der Waals surface area contributed by atoms with Gasteiger partial charge in [0.1, 0.15) is 5.82 Å². The van der Waals surface area contributed by atoms with Crippen LogP contribution in [-0.4, -0.2) is 71.1 Å². The maximum Gasteiger partial charge on any atom is 0.302 e. The third-order valence-electron chi connectivity index (χ3n) is 5.14. The number of anilines is 1. The van der Waals surface area contributed by atoms with E-state index in [9.17, 15) is 17.2 Å². The van der Waals surface area contributed by atoms with Crippen LogP contribution in [0.5, 0.6) is 5.88 Å². The Morgan fingerprint density at radius 2 is 1.97 bits per heavy atom. The van der Waals surface area contributed by atoms with Crippen LogP contribution in [0.1, 0.15) is 11.3 Å². The number of aromatic amines is 1. The van der Waals surface area contributed by atoms with Crippen LogP contribution < -0.4 is 9.46 Å². The van der Waals surface area contributed by atoms with Gasteiger partial charge in [-0.3, -0.25) is 14.7 Å². The minimum Gasteiger partial charge on any atom is -0.481 e. The predicted octanol–water partition coefficient (Wildman–Crippen LogP) is 2.25. The molecule has 34 heavy (non-hydrogen) atoms. The first-order valence-corrected chi connectivity index (χ1v) is 12.7. The van der Waals surface area contributed by atoms with Crippen LogP contribution in [0.2, 0.25) is 0 Å². The Morgan fingerprint density at radius 1 is 1.18 bits per heavy atom. The molecule has 1 fully saturated rings. The summed E-state index contributed by atoms with van der Waals surface area (Å²) in [7, 11) is -2.48. The molecule has 0 radical (unpaired) electrons. The lowest BCUT2D eigenvalue weighted by Crippen LogP contribution is -2.49. The number of nitrogens with zero attached hydrogens (tertiary/aromatic N) is 5. The Balaban J connectivity index is 1.40. The number of methoxy groups -OCH3 is 1. The second kappa shape index (κ2) is 10.6. The zero-order chi connectivity index (χ0) is 24.1. The maximum atomic E-state index is 13.9. The van der Waals surface area contributed by atoms with Gasteiger partial charge in [-0.2, -0.15) is 22.8 Å². The zero-order valence-electron chi connectivity index (χ0n) is 18.2. The fourth-order valence-corrected chi connectivity index (χ4v) is 5.33. The van der Waals surface area contributed by atoms with Crippen molar-refractivity contribution in [2.24, 2.45) is 0 Å². The van der Waals surface area contributed by atoms with Gasteiger partial charge in [-0.25, -0.2) is 13.8 Å². The molecular formula is C20H23F2N7O3S2. The van der Waals surface area contributed by atoms with Crippen LogP contribution in [0.3, 0.4) is 0 Å². The molecule has 0 atom stereocenters. The first kappa shape index (κ1) is 24.3. The molecule has 10 nitrogen and oxygen atoms in total. The van der Waals surface area contributed by atoms with Gasteiger partial charge in [-0.05, 0) is 12.1 Å². The Kier molecular flexibility index (Phi) is 7.60. The maximum absolute atomic E-state index is 13.9. The van der Waals surface area contributed by atoms with E-state index in [4.69, 9.17) is 4.74 Å². The highest BCUT2D eigenvalue weighted by Crippen LogP contribution is 2.26. The quantitative estimate of drug-likeness (QED) is 0.332. The summed E-state index contributed by atoms with van der Waals surface area (Å²) >= 11 is 1.03. The van der Waals surface area contributed by atoms with E-state index in [0.717, 1.165) is 23.5 Å². The molecular weight excluding hydrogens is 488 g/mol. The fraction of sp³-hybridized carbons (Fsp3) is 0.350. The van der Waals surface area contributed by atoms with E-state index >= 15 is 0 Å². The molecule has 0 aliphatic carbocycles. The summed E-state index contributed by atoms with van der Waals surface area (Å²) in [6.45, 7) is 2.41. The molecule has 1 saturated heterocycles. The van der Waals surface area contributed by atoms with Crippen LogP contribution >= 0.6 is 11.8 Å². The Morgan fingerprint density at radius 3 is 2.68 bits per heavy atom. The molecule has 1 aliphatic heterocycles. The number of hydrogen-bond donors (Lipinski definition) is 2. The number of benzene rings is 1. The predicted molar refractivity (Wildman–Crippen MR) is 122 cm³/mol. The van der Waals surface area contributed by atoms with Crippen LogP contribution in [0.25, 0.3) is 0 Å². The van der Waals surface area contributed by atoms with E-state index in [1.54, 1.807) is 6.20 Å². The lowest BCUT2D eigenvalue weighted by atomic mass is 10.2. The number of rotatable bonds is 9. The molecule has 1 aliphatic rings. The smallest absolute Gasteiger partial charge is 0.302 e. The molecule has 4 rings (SSSR count). The number of H-pyrrole nitrogens is 1. The SMILES string of the molecule is COc1cc(NS(=O)(=O)N2CCN(Cc3ccn[nH]3)CC2)nc(SCc2cccc(F)c2F)n1. The van der Waals surface area contributed by atoms with Gasteiger partial charge in [0, 0.05) is 62.0 Å². The van der Waals surface area contributed by atoms with Gasteiger partial charge in [0.2, 0.25) is 5.88 Å². The average Bonchev–Trinajstić information content (AvgIpc) is 3.33. The summed E-state index contributed by atoms with van der Waals surface area (Å²) in [5.41, 5.74) is 1.11. The van der Waals surface area contributed by atoms with Gasteiger partial charge < -0.3 is 4.74 Å². The number of thioether (sulfide) groups is 1. The summed E-state index contributed by atoms with van der Waals surface area (Å²) < 4.78 is 62.2. The van der Waals surface area contributed by atoms with Gasteiger partial charge in [-0.15, -0.1) is 0 Å². The van der Waals surface area contributed by atoms with Crippen LogP contribution in [0.15, 0.2) is 41.7 Å². The summed E-state index contributed by atoms with van der Waals surface area (Å²) in [6, 6.07) is 7.15. The Hall–Kier alpha value is -2.81. The highest BCUT2D eigenvalue weighted by molar-refractivity contribution is 7.98. The summed E-state index contributed by atoms with van der Waals surface area (Å²) in [6.07, 6.45) is 1.68. The van der Waals surface area contributed by atoms with E-state index in [-0.39, 0.29) is 28.2 Å². The minimum atomic E-state index is -3.87. The molecule has 0 unspecified atom stereocenters. The Labute approximate surface area is 199 Å². The molecule has 1 aromatic carbocycles. The van der Waals surface area contributed by atoms with Crippen LogP contribution in [-0.2, 0) is 22.5 Å². The zero-order valence-corrected chi connectivity index (χ0v) is 19.9. The van der Waals surface area contributed by atoms with E-state index in [1.165, 1.54) is 29.6 Å². The summed E-state index contributed by atoms with van der Waals surface area (Å²) in [5.74, 6) is -1.66. The average molecular weight is 512 g/mol. The summed E-state index contributed by atoms with van der Waals surface area (Å²) in [5, 5.41) is 6.98. The lowest BCUT2D eigenvalue weighted by molar-refractivity contribution is 0.180.